The molecule has 1 fully saturated rings. The first-order valence-electron chi connectivity index (χ1n) is 6.99. The molecule has 1 aliphatic rings. The summed E-state index contributed by atoms with van der Waals surface area (Å²) >= 11 is 0. The molecule has 2 atom stereocenters. The summed E-state index contributed by atoms with van der Waals surface area (Å²) < 4.78 is 5.58. The van der Waals surface area contributed by atoms with Gasteiger partial charge in [0.2, 0.25) is 0 Å². The van der Waals surface area contributed by atoms with Gasteiger partial charge in [0.25, 0.3) is 0 Å². The van der Waals surface area contributed by atoms with Crippen LogP contribution in [0.4, 0.5) is 10.5 Å². The molecular formula is C15H19N3O2. The lowest BCUT2D eigenvalue weighted by atomic mass is 10.1. The number of amides is 2. The van der Waals surface area contributed by atoms with E-state index in [4.69, 9.17) is 4.74 Å². The number of H-pyrrole nitrogens is 1. The normalized spacial score (nSPS) is 19.9. The van der Waals surface area contributed by atoms with Crippen LogP contribution in [-0.4, -0.2) is 29.8 Å². The Labute approximate surface area is 117 Å². The van der Waals surface area contributed by atoms with Crippen LogP contribution in [0.1, 0.15) is 19.8 Å². The van der Waals surface area contributed by atoms with Crippen LogP contribution >= 0.6 is 0 Å². The molecule has 1 aromatic heterocycles. The number of benzene rings is 1. The Morgan fingerprint density at radius 2 is 2.35 bits per heavy atom. The average Bonchev–Trinajstić information content (AvgIpc) is 3.10. The van der Waals surface area contributed by atoms with E-state index in [2.05, 4.69) is 15.6 Å². The third-order valence-corrected chi connectivity index (χ3v) is 3.72. The molecule has 0 aliphatic carbocycles. The standard InChI is InChI=1S/C15H19N3O2/c1-10(14-6-3-9-20-14)17-15(19)18-13-5-2-4-12-11(13)7-8-16-12/h2,4-5,7-8,10,14,16H,3,6,9H2,1H3,(H2,17,18,19)/t10-,14-/m0/s1. The smallest absolute Gasteiger partial charge is 0.319 e. The zero-order valence-corrected chi connectivity index (χ0v) is 11.5. The number of carbonyl (C=O) groups excluding carboxylic acids is 1. The van der Waals surface area contributed by atoms with Crippen molar-refractivity contribution < 1.29 is 9.53 Å². The number of carbonyl (C=O) groups is 1. The van der Waals surface area contributed by atoms with E-state index in [-0.39, 0.29) is 18.2 Å². The van der Waals surface area contributed by atoms with Gasteiger partial charge >= 0.3 is 6.03 Å². The van der Waals surface area contributed by atoms with Gasteiger partial charge in [0.05, 0.1) is 17.8 Å². The Kier molecular flexibility index (Phi) is 3.60. The molecule has 1 saturated heterocycles. The summed E-state index contributed by atoms with van der Waals surface area (Å²) in [6.45, 7) is 2.77. The van der Waals surface area contributed by atoms with Crippen LogP contribution in [0, 0.1) is 0 Å². The van der Waals surface area contributed by atoms with Crippen molar-refractivity contribution in [2.45, 2.75) is 31.9 Å². The first-order valence-corrected chi connectivity index (χ1v) is 6.99. The lowest BCUT2D eigenvalue weighted by molar-refractivity contribution is 0.0868. The first-order chi connectivity index (χ1) is 9.74. The quantitative estimate of drug-likeness (QED) is 0.805. The molecule has 5 nitrogen and oxygen atoms in total. The first kappa shape index (κ1) is 13.0. The van der Waals surface area contributed by atoms with Crippen molar-refractivity contribution in [1.82, 2.24) is 10.3 Å². The third kappa shape index (κ3) is 2.63. The Hall–Kier alpha value is -2.01. The fourth-order valence-corrected chi connectivity index (χ4v) is 2.65. The second kappa shape index (κ2) is 5.54. The van der Waals surface area contributed by atoms with Gasteiger partial charge < -0.3 is 20.4 Å². The molecule has 106 valence electrons. The molecular weight excluding hydrogens is 254 g/mol. The highest BCUT2D eigenvalue weighted by atomic mass is 16.5. The van der Waals surface area contributed by atoms with E-state index in [1.54, 1.807) is 0 Å². The van der Waals surface area contributed by atoms with Crippen LogP contribution in [0.5, 0.6) is 0 Å². The molecule has 5 heteroatoms. The molecule has 0 saturated carbocycles. The van der Waals surface area contributed by atoms with E-state index in [1.807, 2.05) is 37.4 Å². The van der Waals surface area contributed by atoms with E-state index in [0.717, 1.165) is 36.0 Å². The molecule has 20 heavy (non-hydrogen) atoms. The Bertz CT molecular complexity index is 602. The lowest BCUT2D eigenvalue weighted by Gasteiger charge is -2.20. The van der Waals surface area contributed by atoms with Crippen LogP contribution < -0.4 is 10.6 Å². The van der Waals surface area contributed by atoms with Crippen molar-refractivity contribution in [2.75, 3.05) is 11.9 Å². The molecule has 1 aromatic carbocycles. The maximum absolute atomic E-state index is 12.1. The van der Waals surface area contributed by atoms with Crippen LogP contribution in [-0.2, 0) is 4.74 Å². The highest BCUT2D eigenvalue weighted by Crippen LogP contribution is 2.22. The molecule has 0 unspecified atom stereocenters. The lowest BCUT2D eigenvalue weighted by Crippen LogP contribution is -2.43. The molecule has 0 radical (unpaired) electrons. The highest BCUT2D eigenvalue weighted by Gasteiger charge is 2.23. The van der Waals surface area contributed by atoms with E-state index in [9.17, 15) is 4.79 Å². The number of aromatic amines is 1. The van der Waals surface area contributed by atoms with Crippen molar-refractivity contribution in [3.05, 3.63) is 30.5 Å². The van der Waals surface area contributed by atoms with Gasteiger partial charge in [-0.3, -0.25) is 0 Å². The molecule has 3 rings (SSSR count). The van der Waals surface area contributed by atoms with Gasteiger partial charge in [-0.15, -0.1) is 0 Å². The van der Waals surface area contributed by atoms with Crippen molar-refractivity contribution in [3.8, 4) is 0 Å². The van der Waals surface area contributed by atoms with Gasteiger partial charge in [-0.2, -0.15) is 0 Å². The fourth-order valence-electron chi connectivity index (χ4n) is 2.65. The minimum absolute atomic E-state index is 0.0166. The van der Waals surface area contributed by atoms with Gasteiger partial charge in [0.1, 0.15) is 0 Å². The van der Waals surface area contributed by atoms with Crippen molar-refractivity contribution in [1.29, 1.82) is 0 Å². The number of rotatable bonds is 3. The van der Waals surface area contributed by atoms with Crippen molar-refractivity contribution in [2.24, 2.45) is 0 Å². The second-order valence-electron chi connectivity index (χ2n) is 5.18. The predicted octanol–water partition coefficient (Wildman–Crippen LogP) is 2.86. The van der Waals surface area contributed by atoms with Gasteiger partial charge in [0, 0.05) is 23.7 Å². The topological polar surface area (TPSA) is 66.2 Å². The van der Waals surface area contributed by atoms with Gasteiger partial charge in [-0.05, 0) is 38.0 Å². The number of ether oxygens (including phenoxy) is 1. The number of hydrogen-bond donors (Lipinski definition) is 3. The number of urea groups is 1. The van der Waals surface area contributed by atoms with E-state index in [0.29, 0.717) is 0 Å². The summed E-state index contributed by atoms with van der Waals surface area (Å²) in [6, 6.07) is 7.57. The SMILES string of the molecule is C[C@H](NC(=O)Nc1cccc2[nH]ccc12)[C@@H]1CCCO1. The summed E-state index contributed by atoms with van der Waals surface area (Å²) in [4.78, 5) is 15.2. The summed E-state index contributed by atoms with van der Waals surface area (Å²) in [5.74, 6) is 0. The Morgan fingerprint density at radius 1 is 1.45 bits per heavy atom. The average molecular weight is 273 g/mol. The van der Waals surface area contributed by atoms with Crippen LogP contribution in [0.3, 0.4) is 0 Å². The van der Waals surface area contributed by atoms with Crippen LogP contribution in [0.2, 0.25) is 0 Å². The van der Waals surface area contributed by atoms with Gasteiger partial charge in [-0.25, -0.2) is 4.79 Å². The maximum atomic E-state index is 12.1. The van der Waals surface area contributed by atoms with E-state index >= 15 is 0 Å². The zero-order chi connectivity index (χ0) is 13.9. The molecule has 0 bridgehead atoms. The number of aromatic nitrogens is 1. The maximum Gasteiger partial charge on any atom is 0.319 e. The molecule has 2 heterocycles. The zero-order valence-electron chi connectivity index (χ0n) is 11.5. The van der Waals surface area contributed by atoms with Gasteiger partial charge in [-0.1, -0.05) is 6.07 Å². The van der Waals surface area contributed by atoms with Crippen molar-refractivity contribution in [3.63, 3.8) is 0 Å². The van der Waals surface area contributed by atoms with Crippen LogP contribution in [0.25, 0.3) is 10.9 Å². The summed E-state index contributed by atoms with van der Waals surface area (Å²) in [5.41, 5.74) is 1.82. The number of anilines is 1. The third-order valence-electron chi connectivity index (χ3n) is 3.72. The number of nitrogens with one attached hydrogen (secondary N) is 3. The summed E-state index contributed by atoms with van der Waals surface area (Å²) in [5, 5.41) is 6.85. The Morgan fingerprint density at radius 3 is 3.15 bits per heavy atom. The van der Waals surface area contributed by atoms with E-state index < -0.39 is 0 Å². The van der Waals surface area contributed by atoms with Crippen molar-refractivity contribution >= 4 is 22.6 Å². The minimum Gasteiger partial charge on any atom is -0.376 e. The fraction of sp³-hybridized carbons (Fsp3) is 0.400. The summed E-state index contributed by atoms with van der Waals surface area (Å²) in [6.07, 6.45) is 4.07. The number of fused-ring (bicyclic) bond motifs is 1. The Balaban J connectivity index is 1.65. The molecule has 0 spiro atoms. The predicted molar refractivity (Wildman–Crippen MR) is 78.9 cm³/mol. The molecule has 3 N–H and O–H groups in total. The monoisotopic (exact) mass is 273 g/mol. The minimum atomic E-state index is -0.193. The number of hydrogen-bond acceptors (Lipinski definition) is 2. The van der Waals surface area contributed by atoms with Gasteiger partial charge in [0.15, 0.2) is 0 Å². The summed E-state index contributed by atoms with van der Waals surface area (Å²) in [7, 11) is 0. The second-order valence-corrected chi connectivity index (χ2v) is 5.18. The highest BCUT2D eigenvalue weighted by molar-refractivity contribution is 6.00. The molecule has 2 aromatic rings. The van der Waals surface area contributed by atoms with Crippen LogP contribution in [0.15, 0.2) is 30.5 Å². The molecule has 2 amide bonds. The van der Waals surface area contributed by atoms with E-state index in [1.165, 1.54) is 0 Å². The molecule has 1 aliphatic heterocycles. The largest absolute Gasteiger partial charge is 0.376 e.